The highest BCUT2D eigenvalue weighted by Gasteiger charge is 2.35. The summed E-state index contributed by atoms with van der Waals surface area (Å²) in [6.45, 7) is 2.48. The van der Waals surface area contributed by atoms with Crippen molar-refractivity contribution >= 4 is 33.3 Å². The molecule has 69 heavy (non-hydrogen) atoms. The van der Waals surface area contributed by atoms with Crippen molar-refractivity contribution in [3.8, 4) is 33.4 Å². The smallest absolute Gasteiger partial charge is 0.114 e. The lowest BCUT2D eigenvalue weighted by molar-refractivity contribution is 0.414. The zero-order chi connectivity index (χ0) is 46.1. The van der Waals surface area contributed by atoms with Crippen LogP contribution in [0.15, 0.2) is 236 Å². The van der Waals surface area contributed by atoms with E-state index in [2.05, 4.69) is 242 Å². The Labute approximate surface area is 407 Å². The number of fused-ring (bicyclic) bond motifs is 7. The lowest BCUT2D eigenvalue weighted by Crippen LogP contribution is -2.19. The molecule has 1 aliphatic heterocycles. The van der Waals surface area contributed by atoms with Gasteiger partial charge in [0, 0.05) is 23.1 Å². The van der Waals surface area contributed by atoms with E-state index in [-0.39, 0.29) is 5.92 Å². The van der Waals surface area contributed by atoms with E-state index in [9.17, 15) is 0 Å². The zero-order valence-corrected chi connectivity index (χ0v) is 39.5. The third kappa shape index (κ3) is 8.33. The molecule has 8 aromatic carbocycles. The standard InChI is InChI=1S/C67H58N2/c1-46-28-45-66(68-64(55-39-33-52(34-40-55)49-20-9-4-10-21-49)26-15-25-56(46)53-35-29-50(30-36-53)47-16-5-2-6-17-47)69-65-27-14-13-24-61(65)63-44-42-60-59-23-12-11-22-58(59)57(41-43-62(60)67(63)69)54-37-31-51(32-38-54)48-18-7-3-8-19-48/h2-14,16-24,26-27,29-40,42,44,46,56-59H,15,25,28,41,43,45H2,1H3/b64-26-,68-66?. The average Bonchev–Trinajstić information content (AvgIpc) is 3.66. The summed E-state index contributed by atoms with van der Waals surface area (Å²) < 4.78 is 2.61. The van der Waals surface area contributed by atoms with Crippen molar-refractivity contribution in [2.45, 2.75) is 63.2 Å². The summed E-state index contributed by atoms with van der Waals surface area (Å²) in [6.07, 6.45) is 18.0. The zero-order valence-electron chi connectivity index (χ0n) is 39.5. The van der Waals surface area contributed by atoms with Crippen LogP contribution in [0, 0.1) is 11.8 Å². The molecule has 0 fully saturated rings. The summed E-state index contributed by atoms with van der Waals surface area (Å²) in [5.74, 6) is 3.04. The molecule has 3 aliphatic rings. The number of allylic oxidation sites excluding steroid dienone is 5. The van der Waals surface area contributed by atoms with Crippen molar-refractivity contribution < 1.29 is 0 Å². The molecule has 5 atom stereocenters. The van der Waals surface area contributed by atoms with Crippen LogP contribution in [-0.4, -0.2) is 10.4 Å². The Kier molecular flexibility index (Phi) is 11.7. The van der Waals surface area contributed by atoms with Crippen LogP contribution in [0.25, 0.3) is 60.9 Å². The van der Waals surface area contributed by atoms with Gasteiger partial charge in [-0.3, -0.25) is 4.57 Å². The molecule has 336 valence electrons. The van der Waals surface area contributed by atoms with Crippen molar-refractivity contribution in [1.82, 2.24) is 4.57 Å². The third-order valence-electron chi connectivity index (χ3n) is 15.7. The minimum absolute atomic E-state index is 0.279. The van der Waals surface area contributed by atoms with Gasteiger partial charge in [-0.15, -0.1) is 0 Å². The highest BCUT2D eigenvalue weighted by Crippen LogP contribution is 2.49. The summed E-state index contributed by atoms with van der Waals surface area (Å²) in [4.78, 5) is 5.90. The highest BCUT2D eigenvalue weighted by molar-refractivity contribution is 6.16. The van der Waals surface area contributed by atoms with Crippen LogP contribution in [0.4, 0.5) is 0 Å². The predicted octanol–water partition coefficient (Wildman–Crippen LogP) is 17.6. The van der Waals surface area contributed by atoms with E-state index in [0.717, 1.165) is 55.6 Å². The van der Waals surface area contributed by atoms with Gasteiger partial charge in [-0.2, -0.15) is 0 Å². The van der Waals surface area contributed by atoms with Crippen LogP contribution >= 0.6 is 0 Å². The van der Waals surface area contributed by atoms with E-state index in [0.29, 0.717) is 23.7 Å². The maximum atomic E-state index is 5.90. The molecule has 0 amide bonds. The molecule has 0 saturated heterocycles. The lowest BCUT2D eigenvalue weighted by Gasteiger charge is -2.30. The Hall–Kier alpha value is -7.55. The van der Waals surface area contributed by atoms with Gasteiger partial charge in [0.15, 0.2) is 0 Å². The number of benzene rings is 8. The summed E-state index contributed by atoms with van der Waals surface area (Å²) in [5.41, 5.74) is 18.1. The number of nitrogens with zero attached hydrogens (tertiary/aromatic N) is 2. The fraction of sp³-hybridized carbons (Fsp3) is 0.179. The monoisotopic (exact) mass is 890 g/mol. The minimum atomic E-state index is 0.279. The molecule has 5 unspecified atom stereocenters. The van der Waals surface area contributed by atoms with Gasteiger partial charge in [-0.1, -0.05) is 231 Å². The van der Waals surface area contributed by atoms with Crippen LogP contribution in [0.2, 0.25) is 0 Å². The number of para-hydroxylation sites is 1. The highest BCUT2D eigenvalue weighted by atomic mass is 15.1. The molecule has 2 aliphatic carbocycles. The maximum absolute atomic E-state index is 5.90. The van der Waals surface area contributed by atoms with Crippen molar-refractivity contribution in [2.24, 2.45) is 16.8 Å². The molecular weight excluding hydrogens is 833 g/mol. The first-order chi connectivity index (χ1) is 34.1. The van der Waals surface area contributed by atoms with Crippen LogP contribution in [0.3, 0.4) is 0 Å². The van der Waals surface area contributed by atoms with E-state index in [1.165, 1.54) is 77.4 Å². The second kappa shape index (κ2) is 18.9. The molecule has 0 radical (unpaired) electrons. The van der Waals surface area contributed by atoms with Gasteiger partial charge in [-0.25, -0.2) is 4.99 Å². The summed E-state index contributed by atoms with van der Waals surface area (Å²) in [6, 6.07) is 74.3. The summed E-state index contributed by atoms with van der Waals surface area (Å²) >= 11 is 0. The first-order valence-corrected chi connectivity index (χ1v) is 25.3. The fourth-order valence-electron chi connectivity index (χ4n) is 12.1. The normalized spacial score (nSPS) is 21.1. The molecule has 9 aromatic rings. The number of rotatable bonds is 6. The van der Waals surface area contributed by atoms with Gasteiger partial charge in [0.1, 0.15) is 5.84 Å². The van der Waals surface area contributed by atoms with Gasteiger partial charge >= 0.3 is 0 Å². The van der Waals surface area contributed by atoms with Gasteiger partial charge in [-0.05, 0) is 123 Å². The van der Waals surface area contributed by atoms with E-state index in [1.54, 1.807) is 0 Å². The second-order valence-electron chi connectivity index (χ2n) is 19.6. The van der Waals surface area contributed by atoms with E-state index < -0.39 is 0 Å². The molecule has 0 N–H and O–H groups in total. The Morgan fingerprint density at radius 1 is 0.449 bits per heavy atom. The SMILES string of the molecule is CC1CCC(n2c3ccccc3c3ccc4c(c32)CCC(c2ccc(-c3ccccc3)cc2)C2C=CC=CC42)=N/C(c2ccc(-c3ccccc3)cc2)=C\CCC1c1ccc(-c2ccccc2)cc1. The van der Waals surface area contributed by atoms with Crippen LogP contribution in [-0.2, 0) is 6.42 Å². The number of aryl methyl sites for hydroxylation is 1. The first-order valence-electron chi connectivity index (χ1n) is 25.3. The van der Waals surface area contributed by atoms with Crippen LogP contribution in [0.1, 0.15) is 84.6 Å². The molecule has 0 saturated carbocycles. The largest absolute Gasteiger partial charge is 0.297 e. The Morgan fingerprint density at radius 2 is 0.986 bits per heavy atom. The molecule has 0 bridgehead atoms. The average molecular weight is 891 g/mol. The quantitative estimate of drug-likeness (QED) is 0.158. The Balaban J connectivity index is 0.975. The van der Waals surface area contributed by atoms with Crippen molar-refractivity contribution in [3.63, 3.8) is 0 Å². The number of hydrogen-bond donors (Lipinski definition) is 0. The van der Waals surface area contributed by atoms with Gasteiger partial charge in [0.2, 0.25) is 0 Å². The third-order valence-corrected chi connectivity index (χ3v) is 15.7. The second-order valence-corrected chi connectivity index (χ2v) is 19.6. The number of aromatic nitrogens is 1. The lowest BCUT2D eigenvalue weighted by atomic mass is 9.73. The molecule has 0 spiro atoms. The van der Waals surface area contributed by atoms with E-state index in [1.807, 2.05) is 0 Å². The van der Waals surface area contributed by atoms with Crippen LogP contribution in [0.5, 0.6) is 0 Å². The Morgan fingerprint density at radius 3 is 1.62 bits per heavy atom. The summed E-state index contributed by atoms with van der Waals surface area (Å²) in [5, 5.41) is 2.62. The first kappa shape index (κ1) is 42.8. The van der Waals surface area contributed by atoms with Crippen molar-refractivity contribution in [2.75, 3.05) is 0 Å². The van der Waals surface area contributed by atoms with Gasteiger partial charge in [0.25, 0.3) is 0 Å². The fourth-order valence-corrected chi connectivity index (χ4v) is 12.1. The molecule has 2 nitrogen and oxygen atoms in total. The maximum Gasteiger partial charge on any atom is 0.114 e. The molecular formula is C67H58N2. The molecule has 2 heterocycles. The molecule has 2 heteroatoms. The van der Waals surface area contributed by atoms with Crippen LogP contribution < -0.4 is 0 Å². The van der Waals surface area contributed by atoms with E-state index >= 15 is 0 Å². The number of aliphatic imine (C=N–C) groups is 1. The van der Waals surface area contributed by atoms with Crippen molar-refractivity contribution in [1.29, 1.82) is 0 Å². The molecule has 1 aromatic heterocycles. The van der Waals surface area contributed by atoms with Gasteiger partial charge < -0.3 is 0 Å². The Bertz CT molecular complexity index is 3370. The predicted molar refractivity (Wildman–Crippen MR) is 292 cm³/mol. The summed E-state index contributed by atoms with van der Waals surface area (Å²) in [7, 11) is 0. The number of hydrogen-bond acceptors (Lipinski definition) is 1. The van der Waals surface area contributed by atoms with Gasteiger partial charge in [0.05, 0.1) is 16.7 Å². The topological polar surface area (TPSA) is 17.3 Å². The molecule has 12 rings (SSSR count). The van der Waals surface area contributed by atoms with E-state index in [4.69, 9.17) is 4.99 Å². The minimum Gasteiger partial charge on any atom is -0.297 e. The van der Waals surface area contributed by atoms with Crippen molar-refractivity contribution in [3.05, 3.63) is 258 Å².